The molecule has 0 unspecified atom stereocenters. The standard InChI is InChI=1S/C19H17N3O4S2/c23-19(14-5-7-16(8-6-14)22-10-3-11-28(22,24)25)26-12-15-13-27-18(21-15)17-4-1-2-9-20-17/h1-2,4-9,13H,3,10-12H2. The molecule has 1 fully saturated rings. The maximum absolute atomic E-state index is 12.3. The van der Waals surface area contributed by atoms with Gasteiger partial charge in [-0.3, -0.25) is 9.29 Å². The Kier molecular flexibility index (Phi) is 5.10. The third-order valence-electron chi connectivity index (χ3n) is 4.28. The van der Waals surface area contributed by atoms with Crippen molar-refractivity contribution >= 4 is 33.0 Å². The Labute approximate surface area is 166 Å². The molecule has 0 saturated carbocycles. The average Bonchev–Trinajstić information content (AvgIpc) is 3.33. The molecule has 144 valence electrons. The van der Waals surface area contributed by atoms with Crippen molar-refractivity contribution in [3.8, 4) is 10.7 Å². The summed E-state index contributed by atoms with van der Waals surface area (Å²) in [6.07, 6.45) is 2.31. The molecule has 0 spiro atoms. The molecule has 4 rings (SSSR count). The summed E-state index contributed by atoms with van der Waals surface area (Å²) in [6.45, 7) is 0.527. The fourth-order valence-electron chi connectivity index (χ4n) is 2.90. The van der Waals surface area contributed by atoms with Crippen molar-refractivity contribution < 1.29 is 17.9 Å². The van der Waals surface area contributed by atoms with Gasteiger partial charge < -0.3 is 4.74 Å². The van der Waals surface area contributed by atoms with Gasteiger partial charge in [0.25, 0.3) is 0 Å². The molecule has 0 N–H and O–H groups in total. The molecule has 0 bridgehead atoms. The van der Waals surface area contributed by atoms with Gasteiger partial charge in [-0.05, 0) is 42.8 Å². The van der Waals surface area contributed by atoms with Crippen LogP contribution in [0.5, 0.6) is 0 Å². The van der Waals surface area contributed by atoms with E-state index < -0.39 is 16.0 Å². The Morgan fingerprint density at radius 2 is 2.00 bits per heavy atom. The average molecular weight is 415 g/mol. The van der Waals surface area contributed by atoms with Crippen LogP contribution in [0.4, 0.5) is 5.69 Å². The van der Waals surface area contributed by atoms with Crippen molar-refractivity contribution in [2.45, 2.75) is 13.0 Å². The number of hydrogen-bond donors (Lipinski definition) is 0. The number of rotatable bonds is 5. The number of aromatic nitrogens is 2. The lowest BCUT2D eigenvalue weighted by atomic mass is 10.2. The smallest absolute Gasteiger partial charge is 0.338 e. The van der Waals surface area contributed by atoms with Crippen molar-refractivity contribution in [2.75, 3.05) is 16.6 Å². The number of thiazole rings is 1. The maximum atomic E-state index is 12.3. The minimum Gasteiger partial charge on any atom is -0.456 e. The van der Waals surface area contributed by atoms with E-state index in [2.05, 4.69) is 9.97 Å². The Hall–Kier alpha value is -2.78. The second-order valence-electron chi connectivity index (χ2n) is 6.22. The summed E-state index contributed by atoms with van der Waals surface area (Å²) in [4.78, 5) is 20.9. The van der Waals surface area contributed by atoms with E-state index in [1.165, 1.54) is 15.6 Å². The third kappa shape index (κ3) is 3.90. The summed E-state index contributed by atoms with van der Waals surface area (Å²) in [5.74, 6) is -0.325. The number of esters is 1. The molecule has 1 aromatic carbocycles. The zero-order chi connectivity index (χ0) is 19.6. The van der Waals surface area contributed by atoms with Crippen LogP contribution in [-0.2, 0) is 21.4 Å². The molecule has 0 radical (unpaired) electrons. The van der Waals surface area contributed by atoms with Crippen LogP contribution in [-0.4, -0.2) is 36.7 Å². The number of carbonyl (C=O) groups excluding carboxylic acids is 1. The Balaban J connectivity index is 1.39. The number of benzene rings is 1. The molecule has 3 heterocycles. The molecule has 0 aliphatic carbocycles. The summed E-state index contributed by atoms with van der Waals surface area (Å²) in [6, 6.07) is 12.0. The molecule has 9 heteroatoms. The van der Waals surface area contributed by atoms with Gasteiger partial charge in [0.05, 0.1) is 28.4 Å². The molecule has 7 nitrogen and oxygen atoms in total. The fourth-order valence-corrected chi connectivity index (χ4v) is 5.24. The van der Waals surface area contributed by atoms with Crippen LogP contribution in [0.3, 0.4) is 0 Å². The normalized spacial score (nSPS) is 15.5. The zero-order valence-electron chi connectivity index (χ0n) is 14.8. The van der Waals surface area contributed by atoms with Gasteiger partial charge in [0, 0.05) is 18.1 Å². The number of nitrogens with zero attached hydrogens (tertiary/aromatic N) is 3. The first kappa shape index (κ1) is 18.6. The van der Waals surface area contributed by atoms with Crippen LogP contribution in [0.15, 0.2) is 54.0 Å². The van der Waals surface area contributed by atoms with Crippen molar-refractivity contribution in [2.24, 2.45) is 0 Å². The summed E-state index contributed by atoms with van der Waals surface area (Å²) < 4.78 is 30.6. The molecule has 0 amide bonds. The van der Waals surface area contributed by atoms with E-state index in [0.717, 1.165) is 10.7 Å². The fraction of sp³-hybridized carbons (Fsp3) is 0.211. The van der Waals surface area contributed by atoms with Gasteiger partial charge >= 0.3 is 5.97 Å². The van der Waals surface area contributed by atoms with Crippen molar-refractivity contribution in [1.82, 2.24) is 9.97 Å². The molecule has 1 aliphatic rings. The van der Waals surface area contributed by atoms with Crippen LogP contribution in [0.1, 0.15) is 22.5 Å². The second kappa shape index (κ2) is 7.69. The third-order valence-corrected chi connectivity index (χ3v) is 7.06. The van der Waals surface area contributed by atoms with Gasteiger partial charge in [0.2, 0.25) is 10.0 Å². The van der Waals surface area contributed by atoms with E-state index in [4.69, 9.17) is 4.74 Å². The van der Waals surface area contributed by atoms with Crippen molar-refractivity contribution in [3.05, 3.63) is 65.3 Å². The first-order valence-electron chi connectivity index (χ1n) is 8.66. The molecule has 28 heavy (non-hydrogen) atoms. The summed E-state index contributed by atoms with van der Waals surface area (Å²) >= 11 is 1.44. The maximum Gasteiger partial charge on any atom is 0.338 e. The Morgan fingerprint density at radius 3 is 2.68 bits per heavy atom. The number of sulfonamides is 1. The zero-order valence-corrected chi connectivity index (χ0v) is 16.4. The molecular weight excluding hydrogens is 398 g/mol. The Bertz CT molecular complexity index is 1080. The van der Waals surface area contributed by atoms with Crippen molar-refractivity contribution in [3.63, 3.8) is 0 Å². The van der Waals surface area contributed by atoms with Crippen LogP contribution in [0, 0.1) is 0 Å². The van der Waals surface area contributed by atoms with Gasteiger partial charge in [-0.2, -0.15) is 0 Å². The Morgan fingerprint density at radius 1 is 1.18 bits per heavy atom. The van der Waals surface area contributed by atoms with E-state index in [1.807, 2.05) is 23.6 Å². The van der Waals surface area contributed by atoms with E-state index >= 15 is 0 Å². The largest absolute Gasteiger partial charge is 0.456 e. The molecular formula is C19H17N3O4S2. The number of anilines is 1. The number of hydrogen-bond acceptors (Lipinski definition) is 7. The highest BCUT2D eigenvalue weighted by Gasteiger charge is 2.28. The van der Waals surface area contributed by atoms with Gasteiger partial charge in [-0.25, -0.2) is 18.2 Å². The number of ether oxygens (including phenoxy) is 1. The predicted molar refractivity (Wildman–Crippen MR) is 107 cm³/mol. The predicted octanol–water partition coefficient (Wildman–Crippen LogP) is 3.10. The summed E-state index contributed by atoms with van der Waals surface area (Å²) in [7, 11) is -3.24. The quantitative estimate of drug-likeness (QED) is 0.595. The highest BCUT2D eigenvalue weighted by molar-refractivity contribution is 7.93. The van der Waals surface area contributed by atoms with Crippen LogP contribution in [0.25, 0.3) is 10.7 Å². The van der Waals surface area contributed by atoms with Crippen LogP contribution in [0.2, 0.25) is 0 Å². The lowest BCUT2D eigenvalue weighted by Crippen LogP contribution is -2.25. The topological polar surface area (TPSA) is 89.5 Å². The first-order chi connectivity index (χ1) is 13.5. The molecule has 1 aliphatic heterocycles. The minimum absolute atomic E-state index is 0.0599. The van der Waals surface area contributed by atoms with Crippen molar-refractivity contribution in [1.29, 1.82) is 0 Å². The second-order valence-corrected chi connectivity index (χ2v) is 9.09. The van der Waals surface area contributed by atoms with Gasteiger partial charge in [-0.1, -0.05) is 6.07 Å². The highest BCUT2D eigenvalue weighted by Crippen LogP contribution is 2.25. The number of pyridine rings is 1. The van der Waals surface area contributed by atoms with Crippen LogP contribution < -0.4 is 4.31 Å². The minimum atomic E-state index is -3.24. The first-order valence-corrected chi connectivity index (χ1v) is 11.2. The molecule has 1 saturated heterocycles. The monoisotopic (exact) mass is 415 g/mol. The van der Waals surface area contributed by atoms with Gasteiger partial charge in [0.15, 0.2) is 0 Å². The molecule has 2 aromatic heterocycles. The molecule has 0 atom stereocenters. The summed E-state index contributed by atoms with van der Waals surface area (Å²) in [5.41, 5.74) is 2.35. The lowest BCUT2D eigenvalue weighted by Gasteiger charge is -2.16. The number of carbonyl (C=O) groups is 1. The lowest BCUT2D eigenvalue weighted by molar-refractivity contribution is 0.0468. The van der Waals surface area contributed by atoms with E-state index in [9.17, 15) is 13.2 Å². The van der Waals surface area contributed by atoms with Gasteiger partial charge in [-0.15, -0.1) is 11.3 Å². The van der Waals surface area contributed by atoms with E-state index in [1.54, 1.807) is 30.5 Å². The highest BCUT2D eigenvalue weighted by atomic mass is 32.2. The van der Waals surface area contributed by atoms with Crippen LogP contribution >= 0.6 is 11.3 Å². The SMILES string of the molecule is O=C(OCc1csc(-c2ccccn2)n1)c1ccc(N2CCCS2(=O)=O)cc1. The van der Waals surface area contributed by atoms with E-state index in [0.29, 0.717) is 29.9 Å². The summed E-state index contributed by atoms with van der Waals surface area (Å²) in [5, 5.41) is 2.60. The molecule has 3 aromatic rings. The van der Waals surface area contributed by atoms with Gasteiger partial charge in [0.1, 0.15) is 11.6 Å². The van der Waals surface area contributed by atoms with E-state index in [-0.39, 0.29) is 12.4 Å².